The van der Waals surface area contributed by atoms with Gasteiger partial charge >= 0.3 is 0 Å². The first-order valence-electron chi connectivity index (χ1n) is 5.30. The molecule has 3 heteroatoms. The number of rotatable bonds is 5. The number of hydrogen-bond acceptors (Lipinski definition) is 3. The number of nitrogens with zero attached hydrogens (tertiary/aromatic N) is 1. The number of nitriles is 1. The van der Waals surface area contributed by atoms with Gasteiger partial charge in [-0.1, -0.05) is 0 Å². The third kappa shape index (κ3) is 3.28. The van der Waals surface area contributed by atoms with Crippen molar-refractivity contribution in [3.63, 3.8) is 0 Å². The van der Waals surface area contributed by atoms with E-state index in [-0.39, 0.29) is 5.41 Å². The standard InChI is InChI=1S/C11H20N2O/c1-11(2,8-13)3-4-14-10-5-9(6-10)7-12/h9-10H,3-7,12H2,1-2H3. The Morgan fingerprint density at radius 1 is 1.50 bits per heavy atom. The van der Waals surface area contributed by atoms with Gasteiger partial charge in [0.2, 0.25) is 0 Å². The van der Waals surface area contributed by atoms with Crippen LogP contribution in [0, 0.1) is 22.7 Å². The summed E-state index contributed by atoms with van der Waals surface area (Å²) in [6.07, 6.45) is 3.42. The predicted octanol–water partition coefficient (Wildman–Crippen LogP) is 1.68. The summed E-state index contributed by atoms with van der Waals surface area (Å²) in [6, 6.07) is 2.27. The van der Waals surface area contributed by atoms with Gasteiger partial charge < -0.3 is 10.5 Å². The SMILES string of the molecule is CC(C)(C#N)CCOC1CC(CN)C1. The molecule has 80 valence electrons. The minimum absolute atomic E-state index is 0.253. The fourth-order valence-electron chi connectivity index (χ4n) is 1.54. The van der Waals surface area contributed by atoms with Crippen LogP contribution in [-0.2, 0) is 4.74 Å². The Bertz CT molecular complexity index is 214. The van der Waals surface area contributed by atoms with Gasteiger partial charge in [0.1, 0.15) is 0 Å². The summed E-state index contributed by atoms with van der Waals surface area (Å²) in [7, 11) is 0. The Morgan fingerprint density at radius 3 is 2.64 bits per heavy atom. The Morgan fingerprint density at radius 2 is 2.14 bits per heavy atom. The first kappa shape index (κ1) is 11.5. The monoisotopic (exact) mass is 196 g/mol. The highest BCUT2D eigenvalue weighted by atomic mass is 16.5. The average molecular weight is 196 g/mol. The molecule has 1 saturated carbocycles. The molecule has 0 aromatic carbocycles. The average Bonchev–Trinajstić information content (AvgIpc) is 2.09. The fourth-order valence-corrected chi connectivity index (χ4v) is 1.54. The van der Waals surface area contributed by atoms with Crippen molar-refractivity contribution in [2.75, 3.05) is 13.2 Å². The first-order valence-corrected chi connectivity index (χ1v) is 5.30. The summed E-state index contributed by atoms with van der Waals surface area (Å²) in [5.41, 5.74) is 5.26. The lowest BCUT2D eigenvalue weighted by molar-refractivity contribution is -0.0340. The van der Waals surface area contributed by atoms with E-state index in [9.17, 15) is 0 Å². The van der Waals surface area contributed by atoms with Gasteiger partial charge in [-0.05, 0) is 45.6 Å². The summed E-state index contributed by atoms with van der Waals surface area (Å²) < 4.78 is 5.64. The van der Waals surface area contributed by atoms with E-state index < -0.39 is 0 Å². The smallest absolute Gasteiger partial charge is 0.0684 e. The van der Waals surface area contributed by atoms with Gasteiger partial charge in [-0.15, -0.1) is 0 Å². The Balaban J connectivity index is 2.04. The van der Waals surface area contributed by atoms with Gasteiger partial charge in [0.25, 0.3) is 0 Å². The predicted molar refractivity (Wildman–Crippen MR) is 55.5 cm³/mol. The molecule has 14 heavy (non-hydrogen) atoms. The highest BCUT2D eigenvalue weighted by molar-refractivity contribution is 4.91. The van der Waals surface area contributed by atoms with Crippen molar-refractivity contribution >= 4 is 0 Å². The van der Waals surface area contributed by atoms with Gasteiger partial charge in [-0.3, -0.25) is 0 Å². The molecule has 1 aliphatic rings. The largest absolute Gasteiger partial charge is 0.378 e. The van der Waals surface area contributed by atoms with E-state index in [1.807, 2.05) is 13.8 Å². The van der Waals surface area contributed by atoms with Crippen LogP contribution in [0.15, 0.2) is 0 Å². The molecule has 2 N–H and O–H groups in total. The lowest BCUT2D eigenvalue weighted by atomic mass is 9.82. The van der Waals surface area contributed by atoms with Crippen LogP contribution in [0.2, 0.25) is 0 Å². The quantitative estimate of drug-likeness (QED) is 0.727. The van der Waals surface area contributed by atoms with Gasteiger partial charge in [-0.25, -0.2) is 0 Å². The first-order chi connectivity index (χ1) is 6.57. The van der Waals surface area contributed by atoms with Crippen molar-refractivity contribution in [2.24, 2.45) is 17.1 Å². The van der Waals surface area contributed by atoms with Crippen LogP contribution in [-0.4, -0.2) is 19.3 Å². The molecule has 0 heterocycles. The zero-order valence-electron chi connectivity index (χ0n) is 9.12. The molecule has 1 fully saturated rings. The summed E-state index contributed by atoms with van der Waals surface area (Å²) in [5, 5.41) is 8.79. The van der Waals surface area contributed by atoms with E-state index in [0.29, 0.717) is 18.6 Å². The molecule has 1 rings (SSSR count). The molecule has 0 atom stereocenters. The zero-order chi connectivity index (χ0) is 10.6. The molecule has 0 aromatic rings. The summed E-state index contributed by atoms with van der Waals surface area (Å²) in [5.74, 6) is 0.670. The van der Waals surface area contributed by atoms with E-state index in [0.717, 1.165) is 25.8 Å². The maximum Gasteiger partial charge on any atom is 0.0684 e. The van der Waals surface area contributed by atoms with E-state index >= 15 is 0 Å². The Labute approximate surface area is 86.2 Å². The van der Waals surface area contributed by atoms with Crippen molar-refractivity contribution < 1.29 is 4.74 Å². The third-order valence-corrected chi connectivity index (χ3v) is 2.91. The Kier molecular flexibility index (Phi) is 3.91. The van der Waals surface area contributed by atoms with E-state index in [4.69, 9.17) is 15.7 Å². The van der Waals surface area contributed by atoms with Gasteiger partial charge in [0.05, 0.1) is 17.6 Å². The van der Waals surface area contributed by atoms with Crippen LogP contribution < -0.4 is 5.73 Å². The third-order valence-electron chi connectivity index (χ3n) is 2.91. The lowest BCUT2D eigenvalue weighted by Crippen LogP contribution is -2.36. The zero-order valence-corrected chi connectivity index (χ0v) is 9.12. The van der Waals surface area contributed by atoms with Crippen molar-refractivity contribution in [3.05, 3.63) is 0 Å². The lowest BCUT2D eigenvalue weighted by Gasteiger charge is -2.34. The van der Waals surface area contributed by atoms with Crippen molar-refractivity contribution in [2.45, 2.75) is 39.2 Å². The van der Waals surface area contributed by atoms with E-state index in [1.165, 1.54) is 0 Å². The molecule has 0 aromatic heterocycles. The van der Waals surface area contributed by atoms with Crippen LogP contribution in [0.1, 0.15) is 33.1 Å². The van der Waals surface area contributed by atoms with Gasteiger partial charge in [-0.2, -0.15) is 5.26 Å². The molecule has 0 radical (unpaired) electrons. The number of nitrogens with two attached hydrogens (primary N) is 1. The topological polar surface area (TPSA) is 59.0 Å². The van der Waals surface area contributed by atoms with Crippen LogP contribution in [0.25, 0.3) is 0 Å². The minimum Gasteiger partial charge on any atom is -0.378 e. The molecular weight excluding hydrogens is 176 g/mol. The van der Waals surface area contributed by atoms with Crippen LogP contribution in [0.5, 0.6) is 0 Å². The van der Waals surface area contributed by atoms with Crippen LogP contribution >= 0.6 is 0 Å². The van der Waals surface area contributed by atoms with Crippen molar-refractivity contribution in [1.82, 2.24) is 0 Å². The van der Waals surface area contributed by atoms with E-state index in [1.54, 1.807) is 0 Å². The maximum absolute atomic E-state index is 8.79. The van der Waals surface area contributed by atoms with Crippen molar-refractivity contribution in [3.8, 4) is 6.07 Å². The van der Waals surface area contributed by atoms with E-state index in [2.05, 4.69) is 6.07 Å². The molecule has 0 aliphatic heterocycles. The number of hydrogen-bond donors (Lipinski definition) is 1. The fraction of sp³-hybridized carbons (Fsp3) is 0.909. The second kappa shape index (κ2) is 4.77. The van der Waals surface area contributed by atoms with Gasteiger partial charge in [0, 0.05) is 6.61 Å². The van der Waals surface area contributed by atoms with Crippen LogP contribution in [0.3, 0.4) is 0 Å². The van der Waals surface area contributed by atoms with Crippen LogP contribution in [0.4, 0.5) is 0 Å². The molecule has 1 aliphatic carbocycles. The summed E-state index contributed by atoms with van der Waals surface area (Å²) in [6.45, 7) is 5.37. The second-order valence-corrected chi connectivity index (χ2v) is 4.81. The highest BCUT2D eigenvalue weighted by Crippen LogP contribution is 2.29. The van der Waals surface area contributed by atoms with Gasteiger partial charge in [0.15, 0.2) is 0 Å². The molecule has 3 nitrogen and oxygen atoms in total. The second-order valence-electron chi connectivity index (χ2n) is 4.81. The Hall–Kier alpha value is -0.590. The molecule has 0 amide bonds. The maximum atomic E-state index is 8.79. The normalized spacial score (nSPS) is 26.7. The summed E-state index contributed by atoms with van der Waals surface area (Å²) in [4.78, 5) is 0. The minimum atomic E-state index is -0.253. The molecule has 0 spiro atoms. The molecule has 0 bridgehead atoms. The molecular formula is C11H20N2O. The molecule has 0 saturated heterocycles. The number of ether oxygens (including phenoxy) is 1. The highest BCUT2D eigenvalue weighted by Gasteiger charge is 2.29. The summed E-state index contributed by atoms with van der Waals surface area (Å²) >= 11 is 0. The van der Waals surface area contributed by atoms with Crippen molar-refractivity contribution in [1.29, 1.82) is 5.26 Å². The molecule has 0 unspecified atom stereocenters.